The smallest absolute Gasteiger partial charge is 0.337 e. The van der Waals surface area contributed by atoms with Crippen LogP contribution in [0.1, 0.15) is 15.9 Å². The van der Waals surface area contributed by atoms with Crippen molar-refractivity contribution in [1.29, 1.82) is 0 Å². The SMILES string of the molecule is COC(=O)c1ccc(CN(C)c2ccc(N)cc2)cc1. The highest BCUT2D eigenvalue weighted by Gasteiger charge is 2.06. The summed E-state index contributed by atoms with van der Waals surface area (Å²) in [5.41, 5.74) is 9.21. The molecule has 2 aromatic carbocycles. The van der Waals surface area contributed by atoms with Gasteiger partial charge in [-0.1, -0.05) is 12.1 Å². The molecule has 0 fully saturated rings. The number of hydrogen-bond donors (Lipinski definition) is 1. The maximum absolute atomic E-state index is 11.4. The van der Waals surface area contributed by atoms with Crippen LogP contribution in [0.5, 0.6) is 0 Å². The molecule has 0 radical (unpaired) electrons. The maximum Gasteiger partial charge on any atom is 0.337 e. The monoisotopic (exact) mass is 270 g/mol. The van der Waals surface area contributed by atoms with Crippen molar-refractivity contribution in [1.82, 2.24) is 0 Å². The van der Waals surface area contributed by atoms with Crippen LogP contribution in [0.2, 0.25) is 0 Å². The second-order valence-electron chi connectivity index (χ2n) is 4.64. The molecule has 0 aliphatic rings. The Labute approximate surface area is 118 Å². The van der Waals surface area contributed by atoms with Crippen LogP contribution in [0, 0.1) is 0 Å². The summed E-state index contributed by atoms with van der Waals surface area (Å²) in [6.07, 6.45) is 0. The molecular weight excluding hydrogens is 252 g/mol. The van der Waals surface area contributed by atoms with Gasteiger partial charge in [0.05, 0.1) is 12.7 Å². The van der Waals surface area contributed by atoms with E-state index in [4.69, 9.17) is 5.73 Å². The lowest BCUT2D eigenvalue weighted by atomic mass is 10.1. The summed E-state index contributed by atoms with van der Waals surface area (Å²) in [7, 11) is 3.39. The Bertz CT molecular complexity index is 576. The van der Waals surface area contributed by atoms with Crippen molar-refractivity contribution in [2.45, 2.75) is 6.54 Å². The molecule has 0 atom stereocenters. The number of carbonyl (C=O) groups excluding carboxylic acids is 1. The van der Waals surface area contributed by atoms with Gasteiger partial charge in [-0.3, -0.25) is 0 Å². The largest absolute Gasteiger partial charge is 0.465 e. The molecule has 0 amide bonds. The lowest BCUT2D eigenvalue weighted by Gasteiger charge is -2.19. The van der Waals surface area contributed by atoms with Gasteiger partial charge in [-0.05, 0) is 42.0 Å². The molecule has 4 heteroatoms. The topological polar surface area (TPSA) is 55.6 Å². The van der Waals surface area contributed by atoms with Crippen LogP contribution in [0.3, 0.4) is 0 Å². The fourth-order valence-electron chi connectivity index (χ4n) is 1.96. The van der Waals surface area contributed by atoms with Gasteiger partial charge in [-0.2, -0.15) is 0 Å². The van der Waals surface area contributed by atoms with Crippen LogP contribution in [0.4, 0.5) is 11.4 Å². The molecular formula is C16H18N2O2. The summed E-state index contributed by atoms with van der Waals surface area (Å²) >= 11 is 0. The van der Waals surface area contributed by atoms with Gasteiger partial charge in [0.15, 0.2) is 0 Å². The van der Waals surface area contributed by atoms with Gasteiger partial charge in [0.25, 0.3) is 0 Å². The Balaban J connectivity index is 2.06. The first-order valence-electron chi connectivity index (χ1n) is 6.34. The van der Waals surface area contributed by atoms with E-state index in [1.807, 2.05) is 43.4 Å². The highest BCUT2D eigenvalue weighted by Crippen LogP contribution is 2.17. The zero-order chi connectivity index (χ0) is 14.5. The number of esters is 1. The zero-order valence-electron chi connectivity index (χ0n) is 11.7. The summed E-state index contributed by atoms with van der Waals surface area (Å²) in [6, 6.07) is 15.1. The first-order chi connectivity index (χ1) is 9.60. The Morgan fingerprint density at radius 3 is 2.25 bits per heavy atom. The third kappa shape index (κ3) is 3.29. The molecule has 20 heavy (non-hydrogen) atoms. The van der Waals surface area contributed by atoms with Crippen molar-refractivity contribution < 1.29 is 9.53 Å². The molecule has 0 aromatic heterocycles. The molecule has 0 saturated heterocycles. The number of nitrogen functional groups attached to an aromatic ring is 1. The van der Waals surface area contributed by atoms with E-state index in [2.05, 4.69) is 9.64 Å². The molecule has 0 aliphatic heterocycles. The standard InChI is InChI=1S/C16H18N2O2/c1-18(15-9-7-14(17)8-10-15)11-12-3-5-13(6-4-12)16(19)20-2/h3-10H,11,17H2,1-2H3. The van der Waals surface area contributed by atoms with E-state index >= 15 is 0 Å². The van der Waals surface area contributed by atoms with Gasteiger partial charge >= 0.3 is 5.97 Å². The van der Waals surface area contributed by atoms with E-state index in [-0.39, 0.29) is 5.97 Å². The number of carbonyl (C=O) groups is 1. The third-order valence-corrected chi connectivity index (χ3v) is 3.13. The van der Waals surface area contributed by atoms with Crippen LogP contribution >= 0.6 is 0 Å². The summed E-state index contributed by atoms with van der Waals surface area (Å²) in [6.45, 7) is 0.755. The zero-order valence-corrected chi connectivity index (χ0v) is 11.7. The molecule has 2 aromatic rings. The molecule has 104 valence electrons. The minimum absolute atomic E-state index is 0.316. The molecule has 2 rings (SSSR count). The predicted octanol–water partition coefficient (Wildman–Crippen LogP) is 2.69. The maximum atomic E-state index is 11.4. The van der Waals surface area contributed by atoms with Crippen molar-refractivity contribution in [3.8, 4) is 0 Å². The van der Waals surface area contributed by atoms with Gasteiger partial charge in [0.2, 0.25) is 0 Å². The van der Waals surface area contributed by atoms with Crippen LogP contribution in [-0.4, -0.2) is 20.1 Å². The van der Waals surface area contributed by atoms with Crippen molar-refractivity contribution in [2.24, 2.45) is 0 Å². The second kappa shape index (κ2) is 6.10. The van der Waals surface area contributed by atoms with Crippen molar-refractivity contribution in [3.63, 3.8) is 0 Å². The molecule has 0 aliphatic carbocycles. The number of methoxy groups -OCH3 is 1. The number of hydrogen-bond acceptors (Lipinski definition) is 4. The summed E-state index contributed by atoms with van der Waals surface area (Å²) < 4.78 is 4.68. The Hall–Kier alpha value is -2.49. The lowest BCUT2D eigenvalue weighted by molar-refractivity contribution is 0.0600. The van der Waals surface area contributed by atoms with Crippen LogP contribution in [0.15, 0.2) is 48.5 Å². The third-order valence-electron chi connectivity index (χ3n) is 3.13. The average molecular weight is 270 g/mol. The highest BCUT2D eigenvalue weighted by molar-refractivity contribution is 5.89. The molecule has 0 heterocycles. The molecule has 0 saturated carbocycles. The van der Waals surface area contributed by atoms with Crippen molar-refractivity contribution in [3.05, 3.63) is 59.7 Å². The fraction of sp³-hybridized carbons (Fsp3) is 0.188. The normalized spacial score (nSPS) is 10.1. The number of ether oxygens (including phenoxy) is 1. The molecule has 0 spiro atoms. The number of benzene rings is 2. The van der Waals surface area contributed by atoms with Gasteiger partial charge in [-0.15, -0.1) is 0 Å². The van der Waals surface area contributed by atoms with Crippen LogP contribution < -0.4 is 10.6 Å². The minimum Gasteiger partial charge on any atom is -0.465 e. The quantitative estimate of drug-likeness (QED) is 0.685. The summed E-state index contributed by atoms with van der Waals surface area (Å²) in [5, 5.41) is 0. The molecule has 0 unspecified atom stereocenters. The van der Waals surface area contributed by atoms with Gasteiger partial charge in [0, 0.05) is 25.0 Å². The van der Waals surface area contributed by atoms with E-state index in [1.54, 1.807) is 12.1 Å². The highest BCUT2D eigenvalue weighted by atomic mass is 16.5. The van der Waals surface area contributed by atoms with Crippen LogP contribution in [-0.2, 0) is 11.3 Å². The van der Waals surface area contributed by atoms with Crippen molar-refractivity contribution >= 4 is 17.3 Å². The van der Waals surface area contributed by atoms with Gasteiger partial charge in [-0.25, -0.2) is 4.79 Å². The van der Waals surface area contributed by atoms with E-state index in [9.17, 15) is 4.79 Å². The molecule has 0 bridgehead atoms. The first kappa shape index (κ1) is 13.9. The summed E-state index contributed by atoms with van der Waals surface area (Å²) in [4.78, 5) is 13.5. The number of anilines is 2. The first-order valence-corrected chi connectivity index (χ1v) is 6.34. The Morgan fingerprint density at radius 1 is 1.10 bits per heavy atom. The molecule has 2 N–H and O–H groups in total. The molecule has 4 nitrogen and oxygen atoms in total. The summed E-state index contributed by atoms with van der Waals surface area (Å²) in [5.74, 6) is -0.316. The van der Waals surface area contributed by atoms with Crippen molar-refractivity contribution in [2.75, 3.05) is 24.8 Å². The minimum atomic E-state index is -0.316. The number of rotatable bonds is 4. The van der Waals surface area contributed by atoms with Gasteiger partial charge in [0.1, 0.15) is 0 Å². The fourth-order valence-corrected chi connectivity index (χ4v) is 1.96. The predicted molar refractivity (Wildman–Crippen MR) is 80.7 cm³/mol. The van der Waals surface area contributed by atoms with Crippen LogP contribution in [0.25, 0.3) is 0 Å². The second-order valence-corrected chi connectivity index (χ2v) is 4.64. The van der Waals surface area contributed by atoms with E-state index in [1.165, 1.54) is 7.11 Å². The van der Waals surface area contributed by atoms with E-state index in [0.29, 0.717) is 5.56 Å². The number of nitrogens with zero attached hydrogens (tertiary/aromatic N) is 1. The average Bonchev–Trinajstić information content (AvgIpc) is 2.48. The van der Waals surface area contributed by atoms with Gasteiger partial charge < -0.3 is 15.4 Å². The van der Waals surface area contributed by atoms with E-state index in [0.717, 1.165) is 23.5 Å². The number of nitrogens with two attached hydrogens (primary N) is 1. The Morgan fingerprint density at radius 2 is 1.70 bits per heavy atom. The Kier molecular flexibility index (Phi) is 4.25. The van der Waals surface area contributed by atoms with E-state index < -0.39 is 0 Å². The lowest BCUT2D eigenvalue weighted by Crippen LogP contribution is -2.16.